The average molecular weight is 249 g/mol. The largest absolute Gasteiger partial charge is 0.441 e. The Morgan fingerprint density at radius 1 is 1.35 bits per heavy atom. The van der Waals surface area contributed by atoms with Crippen LogP contribution in [0.25, 0.3) is 17.2 Å². The second kappa shape index (κ2) is 3.87. The van der Waals surface area contributed by atoms with Gasteiger partial charge < -0.3 is 10.2 Å². The molecule has 2 N–H and O–H groups in total. The van der Waals surface area contributed by atoms with Gasteiger partial charge in [0, 0.05) is 12.7 Å². The summed E-state index contributed by atoms with van der Waals surface area (Å²) in [5.74, 6) is 1.05. The van der Waals surface area contributed by atoms with Crippen LogP contribution in [0.1, 0.15) is 5.56 Å². The van der Waals surface area contributed by atoms with Crippen LogP contribution < -0.4 is 5.73 Å². The molecule has 17 heavy (non-hydrogen) atoms. The van der Waals surface area contributed by atoms with E-state index in [2.05, 4.69) is 10.1 Å². The van der Waals surface area contributed by atoms with Crippen molar-refractivity contribution in [3.63, 3.8) is 0 Å². The molecular weight excluding hydrogens is 240 g/mol. The Balaban J connectivity index is 2.13. The van der Waals surface area contributed by atoms with Gasteiger partial charge in [-0.05, 0) is 41.4 Å². The van der Waals surface area contributed by atoms with E-state index in [1.54, 1.807) is 16.6 Å². The highest BCUT2D eigenvalue weighted by Crippen LogP contribution is 2.22. The maximum Gasteiger partial charge on any atom is 0.217 e. The van der Waals surface area contributed by atoms with Crippen LogP contribution >= 0.6 is 11.6 Å². The third kappa shape index (κ3) is 1.79. The summed E-state index contributed by atoms with van der Waals surface area (Å²) < 4.78 is 6.93. The molecule has 0 radical (unpaired) electrons. The molecule has 0 fully saturated rings. The van der Waals surface area contributed by atoms with Gasteiger partial charge in [0.05, 0.1) is 0 Å². The molecule has 0 atom stereocenters. The molecule has 0 aliphatic rings. The number of hydrogen-bond donors (Lipinski definition) is 1. The summed E-state index contributed by atoms with van der Waals surface area (Å²) in [6, 6.07) is 7.19. The number of nitrogens with two attached hydrogens (primary N) is 1. The monoisotopic (exact) mass is 248 g/mol. The molecule has 3 aromatic rings. The SMILES string of the molecule is NCc1ccn2nc(-c3ccc(Cl)o3)nc2c1. The van der Waals surface area contributed by atoms with E-state index in [0.29, 0.717) is 23.3 Å². The molecule has 5 nitrogen and oxygen atoms in total. The Morgan fingerprint density at radius 2 is 2.24 bits per heavy atom. The molecule has 0 unspecified atom stereocenters. The van der Waals surface area contributed by atoms with Crippen LogP contribution in [0.4, 0.5) is 0 Å². The molecule has 0 aliphatic heterocycles. The molecule has 0 bridgehead atoms. The zero-order valence-electron chi connectivity index (χ0n) is 8.80. The van der Waals surface area contributed by atoms with Gasteiger partial charge in [0.2, 0.25) is 5.82 Å². The average Bonchev–Trinajstić information content (AvgIpc) is 2.93. The van der Waals surface area contributed by atoms with E-state index >= 15 is 0 Å². The van der Waals surface area contributed by atoms with Gasteiger partial charge in [-0.25, -0.2) is 9.50 Å². The van der Waals surface area contributed by atoms with Crippen molar-refractivity contribution in [2.45, 2.75) is 6.54 Å². The molecule has 0 aliphatic carbocycles. The number of pyridine rings is 1. The highest BCUT2D eigenvalue weighted by atomic mass is 35.5. The first-order chi connectivity index (χ1) is 8.26. The van der Waals surface area contributed by atoms with E-state index in [-0.39, 0.29) is 0 Å². The predicted molar refractivity (Wildman–Crippen MR) is 63.6 cm³/mol. The smallest absolute Gasteiger partial charge is 0.217 e. The molecule has 0 saturated heterocycles. The van der Waals surface area contributed by atoms with E-state index in [4.69, 9.17) is 21.8 Å². The van der Waals surface area contributed by atoms with Crippen molar-refractivity contribution in [3.8, 4) is 11.6 Å². The highest BCUT2D eigenvalue weighted by Gasteiger charge is 2.10. The number of halogens is 1. The molecule has 3 heterocycles. The molecule has 0 saturated carbocycles. The third-order valence-corrected chi connectivity index (χ3v) is 2.63. The standard InChI is InChI=1S/C11H9ClN4O/c12-9-2-1-8(17-9)11-14-10-5-7(6-13)3-4-16(10)15-11/h1-5H,6,13H2. The summed E-state index contributed by atoms with van der Waals surface area (Å²) in [6.45, 7) is 0.477. The fourth-order valence-corrected chi connectivity index (χ4v) is 1.74. The molecule has 3 rings (SSSR count). The molecule has 0 aromatic carbocycles. The molecular formula is C11H9ClN4O. The Kier molecular flexibility index (Phi) is 2.35. The zero-order chi connectivity index (χ0) is 11.8. The number of fused-ring (bicyclic) bond motifs is 1. The minimum Gasteiger partial charge on any atom is -0.441 e. The predicted octanol–water partition coefficient (Wildman–Crippen LogP) is 2.10. The van der Waals surface area contributed by atoms with Crippen molar-refractivity contribution in [3.05, 3.63) is 41.2 Å². The second-order valence-corrected chi connectivity index (χ2v) is 3.95. The Morgan fingerprint density at radius 3 is 2.94 bits per heavy atom. The van der Waals surface area contributed by atoms with Crippen LogP contribution in [0.2, 0.25) is 5.22 Å². The van der Waals surface area contributed by atoms with Gasteiger partial charge in [-0.1, -0.05) is 0 Å². The minimum atomic E-state index is 0.321. The van der Waals surface area contributed by atoms with Crippen molar-refractivity contribution >= 4 is 17.2 Å². The van der Waals surface area contributed by atoms with Crippen LogP contribution in [-0.2, 0) is 6.54 Å². The normalized spacial score (nSPS) is 11.2. The first kappa shape index (κ1) is 10.3. The number of rotatable bonds is 2. The molecule has 3 aromatic heterocycles. The lowest BCUT2D eigenvalue weighted by atomic mass is 10.3. The van der Waals surface area contributed by atoms with Crippen molar-refractivity contribution in [2.24, 2.45) is 5.73 Å². The molecule has 86 valence electrons. The first-order valence-corrected chi connectivity index (χ1v) is 5.45. The minimum absolute atomic E-state index is 0.321. The third-order valence-electron chi connectivity index (χ3n) is 2.43. The van der Waals surface area contributed by atoms with Gasteiger partial charge in [0.15, 0.2) is 16.6 Å². The van der Waals surface area contributed by atoms with Crippen LogP contribution in [0.5, 0.6) is 0 Å². The number of hydrogen-bond acceptors (Lipinski definition) is 4. The Bertz CT molecular complexity index is 673. The molecule has 0 amide bonds. The van der Waals surface area contributed by atoms with Gasteiger partial charge in [0.1, 0.15) is 0 Å². The van der Waals surface area contributed by atoms with Gasteiger partial charge >= 0.3 is 0 Å². The van der Waals surface area contributed by atoms with Gasteiger partial charge in [0.25, 0.3) is 0 Å². The fraction of sp³-hybridized carbons (Fsp3) is 0.0909. The van der Waals surface area contributed by atoms with E-state index in [9.17, 15) is 0 Å². The fourth-order valence-electron chi connectivity index (χ4n) is 1.59. The van der Waals surface area contributed by atoms with E-state index in [1.165, 1.54) is 0 Å². The summed E-state index contributed by atoms with van der Waals surface area (Å²) in [7, 11) is 0. The van der Waals surface area contributed by atoms with E-state index in [1.807, 2.05) is 18.3 Å². The summed E-state index contributed by atoms with van der Waals surface area (Å²) in [4.78, 5) is 4.35. The number of aromatic nitrogens is 3. The van der Waals surface area contributed by atoms with Crippen molar-refractivity contribution < 1.29 is 4.42 Å². The van der Waals surface area contributed by atoms with Gasteiger partial charge in [-0.15, -0.1) is 5.10 Å². The summed E-state index contributed by atoms with van der Waals surface area (Å²) in [6.07, 6.45) is 1.82. The van der Waals surface area contributed by atoms with Crippen molar-refractivity contribution in [1.82, 2.24) is 14.6 Å². The zero-order valence-corrected chi connectivity index (χ0v) is 9.55. The summed E-state index contributed by atoms with van der Waals surface area (Å²) in [5, 5.41) is 4.60. The lowest BCUT2D eigenvalue weighted by Gasteiger charge is -1.94. The topological polar surface area (TPSA) is 69.3 Å². The van der Waals surface area contributed by atoms with Gasteiger partial charge in [-0.2, -0.15) is 0 Å². The quantitative estimate of drug-likeness (QED) is 0.754. The van der Waals surface area contributed by atoms with Crippen LogP contribution in [-0.4, -0.2) is 14.6 Å². The van der Waals surface area contributed by atoms with E-state index in [0.717, 1.165) is 11.2 Å². The highest BCUT2D eigenvalue weighted by molar-refractivity contribution is 6.28. The van der Waals surface area contributed by atoms with Crippen molar-refractivity contribution in [1.29, 1.82) is 0 Å². The Hall–Kier alpha value is -1.85. The maximum atomic E-state index is 5.71. The molecule has 6 heteroatoms. The van der Waals surface area contributed by atoms with Crippen LogP contribution in [0.15, 0.2) is 34.9 Å². The summed E-state index contributed by atoms with van der Waals surface area (Å²) in [5.41, 5.74) is 7.31. The molecule has 0 spiro atoms. The van der Waals surface area contributed by atoms with Crippen LogP contribution in [0, 0.1) is 0 Å². The number of nitrogens with zero attached hydrogens (tertiary/aromatic N) is 3. The lowest BCUT2D eigenvalue weighted by molar-refractivity contribution is 0.579. The lowest BCUT2D eigenvalue weighted by Crippen LogP contribution is -1.97. The van der Waals surface area contributed by atoms with E-state index < -0.39 is 0 Å². The van der Waals surface area contributed by atoms with Crippen LogP contribution in [0.3, 0.4) is 0 Å². The Labute approximate surface area is 102 Å². The summed E-state index contributed by atoms with van der Waals surface area (Å²) >= 11 is 5.71. The number of furan rings is 1. The van der Waals surface area contributed by atoms with Crippen molar-refractivity contribution in [2.75, 3.05) is 0 Å². The maximum absolute atomic E-state index is 5.71. The van der Waals surface area contributed by atoms with Gasteiger partial charge in [-0.3, -0.25) is 0 Å². The first-order valence-electron chi connectivity index (χ1n) is 5.07. The second-order valence-electron chi connectivity index (χ2n) is 3.58.